The van der Waals surface area contributed by atoms with Gasteiger partial charge < -0.3 is 4.57 Å². The monoisotopic (exact) mass is 313 g/mol. The zero-order valence-corrected chi connectivity index (χ0v) is 11.4. The van der Waals surface area contributed by atoms with Crippen molar-refractivity contribution in [3.63, 3.8) is 0 Å². The molecule has 0 N–H and O–H groups in total. The van der Waals surface area contributed by atoms with E-state index in [2.05, 4.69) is 15.9 Å². The van der Waals surface area contributed by atoms with Crippen LogP contribution in [-0.4, -0.2) is 4.57 Å². The van der Waals surface area contributed by atoms with Gasteiger partial charge in [0.2, 0.25) is 0 Å². The minimum Gasteiger partial charge on any atom is -0.313 e. The summed E-state index contributed by atoms with van der Waals surface area (Å²) in [4.78, 5) is 11.3. The highest BCUT2D eigenvalue weighted by atomic mass is 79.9. The van der Waals surface area contributed by atoms with Crippen molar-refractivity contribution in [3.8, 4) is 5.69 Å². The molecule has 0 fully saturated rings. The van der Waals surface area contributed by atoms with Gasteiger partial charge >= 0.3 is 0 Å². The van der Waals surface area contributed by atoms with Crippen molar-refractivity contribution >= 4 is 15.9 Å². The van der Waals surface area contributed by atoms with Gasteiger partial charge in [-0.1, -0.05) is 15.9 Å². The Balaban J connectivity index is 2.82. The lowest BCUT2D eigenvalue weighted by molar-refractivity contribution is 0.563. The van der Waals surface area contributed by atoms with Crippen molar-refractivity contribution in [3.05, 3.63) is 62.0 Å². The molecule has 94 valence electrons. The van der Waals surface area contributed by atoms with E-state index in [-0.39, 0.29) is 11.1 Å². The van der Waals surface area contributed by atoms with E-state index in [4.69, 9.17) is 0 Å². The van der Waals surface area contributed by atoms with E-state index in [0.29, 0.717) is 15.9 Å². The van der Waals surface area contributed by atoms with Crippen LogP contribution in [0.4, 0.5) is 8.78 Å². The molecule has 2 nitrogen and oxygen atoms in total. The minimum absolute atomic E-state index is 0.173. The molecular weight excluding hydrogens is 304 g/mol. The Morgan fingerprint density at radius 1 is 1.00 bits per heavy atom. The molecular formula is C13H10BrF2NO. The number of benzene rings is 1. The summed E-state index contributed by atoms with van der Waals surface area (Å²) < 4.78 is 29.5. The standard InChI is InChI=1S/C13H10BrF2NO/c1-7-3-10(18)4-8(2)17(7)13-11(15)5-9(14)6-12(13)16/h3-6H,1-2H3. The maximum atomic E-state index is 13.9. The lowest BCUT2D eigenvalue weighted by Gasteiger charge is -2.16. The van der Waals surface area contributed by atoms with Crippen LogP contribution in [0.5, 0.6) is 0 Å². The molecule has 0 unspecified atom stereocenters. The normalized spacial score (nSPS) is 10.7. The Hall–Kier alpha value is -1.49. The fourth-order valence-electron chi connectivity index (χ4n) is 1.96. The van der Waals surface area contributed by atoms with Crippen LogP contribution >= 0.6 is 15.9 Å². The van der Waals surface area contributed by atoms with E-state index >= 15 is 0 Å². The first-order chi connectivity index (χ1) is 8.40. The van der Waals surface area contributed by atoms with Gasteiger partial charge in [-0.2, -0.15) is 0 Å². The summed E-state index contributed by atoms with van der Waals surface area (Å²) in [6.07, 6.45) is 0. The second-order valence-electron chi connectivity index (χ2n) is 4.03. The fourth-order valence-corrected chi connectivity index (χ4v) is 2.36. The number of hydrogen-bond donors (Lipinski definition) is 0. The largest absolute Gasteiger partial charge is 0.313 e. The van der Waals surface area contributed by atoms with Crippen molar-refractivity contribution in [2.45, 2.75) is 13.8 Å². The average Bonchev–Trinajstić information content (AvgIpc) is 2.20. The Kier molecular flexibility index (Phi) is 3.34. The summed E-state index contributed by atoms with van der Waals surface area (Å²) in [7, 11) is 0. The van der Waals surface area contributed by atoms with Crippen LogP contribution in [0.15, 0.2) is 33.5 Å². The van der Waals surface area contributed by atoms with Crippen molar-refractivity contribution in [1.82, 2.24) is 4.57 Å². The Morgan fingerprint density at radius 2 is 1.44 bits per heavy atom. The number of aromatic nitrogens is 1. The second-order valence-corrected chi connectivity index (χ2v) is 4.94. The van der Waals surface area contributed by atoms with E-state index < -0.39 is 11.6 Å². The summed E-state index contributed by atoms with van der Waals surface area (Å²) >= 11 is 3.03. The molecule has 1 aromatic carbocycles. The van der Waals surface area contributed by atoms with Crippen LogP contribution in [0, 0.1) is 25.5 Å². The molecule has 0 saturated heterocycles. The number of hydrogen-bond acceptors (Lipinski definition) is 1. The Bertz CT molecular complexity index is 630. The van der Waals surface area contributed by atoms with Gasteiger partial charge in [0.25, 0.3) is 0 Å². The molecule has 0 bridgehead atoms. The number of rotatable bonds is 1. The fraction of sp³-hybridized carbons (Fsp3) is 0.154. The number of nitrogens with zero attached hydrogens (tertiary/aromatic N) is 1. The molecule has 0 radical (unpaired) electrons. The van der Waals surface area contributed by atoms with E-state index in [0.717, 1.165) is 0 Å². The molecule has 1 aromatic heterocycles. The van der Waals surface area contributed by atoms with Crippen molar-refractivity contribution in [2.24, 2.45) is 0 Å². The average molecular weight is 314 g/mol. The van der Waals surface area contributed by atoms with E-state index in [1.165, 1.54) is 28.8 Å². The zero-order valence-electron chi connectivity index (χ0n) is 9.80. The molecule has 0 aliphatic rings. The molecule has 0 aliphatic carbocycles. The molecule has 0 aliphatic heterocycles. The SMILES string of the molecule is Cc1cc(=O)cc(C)n1-c1c(F)cc(Br)cc1F. The third-order valence-electron chi connectivity index (χ3n) is 2.61. The van der Waals surface area contributed by atoms with E-state index in [1.807, 2.05) is 0 Å². The molecule has 1 heterocycles. The summed E-state index contributed by atoms with van der Waals surface area (Å²) in [5.74, 6) is -1.37. The highest BCUT2D eigenvalue weighted by molar-refractivity contribution is 9.10. The maximum absolute atomic E-state index is 13.9. The first-order valence-electron chi connectivity index (χ1n) is 5.25. The van der Waals surface area contributed by atoms with Gasteiger partial charge in [-0.05, 0) is 26.0 Å². The zero-order chi connectivity index (χ0) is 13.4. The molecule has 0 spiro atoms. The molecule has 0 atom stereocenters. The predicted octanol–water partition coefficient (Wildman–Crippen LogP) is 3.50. The quantitative estimate of drug-likeness (QED) is 0.790. The molecule has 5 heteroatoms. The lowest BCUT2D eigenvalue weighted by Crippen LogP contribution is -2.14. The molecule has 0 saturated carbocycles. The van der Waals surface area contributed by atoms with Crippen molar-refractivity contribution < 1.29 is 8.78 Å². The van der Waals surface area contributed by atoms with E-state index in [1.54, 1.807) is 13.8 Å². The summed E-state index contributed by atoms with van der Waals surface area (Å²) in [5, 5.41) is 0. The van der Waals surface area contributed by atoms with Crippen molar-refractivity contribution in [1.29, 1.82) is 0 Å². The summed E-state index contributed by atoms with van der Waals surface area (Å²) in [5.41, 5.74) is 0.618. The summed E-state index contributed by atoms with van der Waals surface area (Å²) in [6.45, 7) is 3.27. The van der Waals surface area contributed by atoms with Crippen LogP contribution < -0.4 is 5.43 Å². The van der Waals surface area contributed by atoms with Gasteiger partial charge in [-0.25, -0.2) is 8.78 Å². The third kappa shape index (κ3) is 2.22. The van der Waals surface area contributed by atoms with Gasteiger partial charge in [-0.15, -0.1) is 0 Å². The van der Waals surface area contributed by atoms with Crippen LogP contribution in [0.3, 0.4) is 0 Å². The molecule has 2 rings (SSSR count). The summed E-state index contributed by atoms with van der Waals surface area (Å²) in [6, 6.07) is 5.06. The van der Waals surface area contributed by atoms with Crippen LogP contribution in [0.25, 0.3) is 5.69 Å². The Morgan fingerprint density at radius 3 is 1.89 bits per heavy atom. The smallest absolute Gasteiger partial charge is 0.182 e. The molecule has 2 aromatic rings. The highest BCUT2D eigenvalue weighted by Gasteiger charge is 2.15. The molecule has 18 heavy (non-hydrogen) atoms. The highest BCUT2D eigenvalue weighted by Crippen LogP contribution is 2.24. The van der Waals surface area contributed by atoms with Crippen molar-refractivity contribution in [2.75, 3.05) is 0 Å². The van der Waals surface area contributed by atoms with Gasteiger partial charge in [0, 0.05) is 28.0 Å². The predicted molar refractivity (Wildman–Crippen MR) is 69.1 cm³/mol. The topological polar surface area (TPSA) is 22.0 Å². The second kappa shape index (κ2) is 4.65. The van der Waals surface area contributed by atoms with Gasteiger partial charge in [0.15, 0.2) is 17.1 Å². The number of halogens is 3. The third-order valence-corrected chi connectivity index (χ3v) is 3.07. The number of pyridine rings is 1. The van der Waals surface area contributed by atoms with Crippen LogP contribution in [0.1, 0.15) is 11.4 Å². The first kappa shape index (κ1) is 13.0. The maximum Gasteiger partial charge on any atom is 0.182 e. The molecule has 0 amide bonds. The van der Waals surface area contributed by atoms with Crippen LogP contribution in [0.2, 0.25) is 0 Å². The van der Waals surface area contributed by atoms with Gasteiger partial charge in [0.05, 0.1) is 0 Å². The van der Waals surface area contributed by atoms with Gasteiger partial charge in [-0.3, -0.25) is 4.79 Å². The van der Waals surface area contributed by atoms with Crippen LogP contribution in [-0.2, 0) is 0 Å². The Labute approximate surface area is 111 Å². The van der Waals surface area contributed by atoms with Gasteiger partial charge in [0.1, 0.15) is 5.69 Å². The number of aryl methyl sites for hydroxylation is 2. The minimum atomic E-state index is -0.684. The lowest BCUT2D eigenvalue weighted by atomic mass is 10.2. The first-order valence-corrected chi connectivity index (χ1v) is 6.04. The van der Waals surface area contributed by atoms with E-state index in [9.17, 15) is 13.6 Å².